The first-order valence-corrected chi connectivity index (χ1v) is 8.64. The first-order chi connectivity index (χ1) is 10.2. The molecule has 1 heterocycles. The van der Waals surface area contributed by atoms with E-state index in [-0.39, 0.29) is 11.6 Å². The molecule has 1 saturated carbocycles. The molecule has 5 heteroatoms. The van der Waals surface area contributed by atoms with E-state index >= 15 is 0 Å². The zero-order chi connectivity index (χ0) is 15.3. The van der Waals surface area contributed by atoms with Gasteiger partial charge in [-0.15, -0.1) is 0 Å². The van der Waals surface area contributed by atoms with Crippen LogP contribution in [0.1, 0.15) is 64.6 Å². The first-order valence-electron chi connectivity index (χ1n) is 8.27. The summed E-state index contributed by atoms with van der Waals surface area (Å²) in [6.07, 6.45) is 7.48. The molecule has 1 aliphatic carbocycles. The van der Waals surface area contributed by atoms with E-state index in [4.69, 9.17) is 16.3 Å². The van der Waals surface area contributed by atoms with Gasteiger partial charge in [-0.3, -0.25) is 4.68 Å². The molecule has 0 amide bonds. The lowest BCUT2D eigenvalue weighted by Crippen LogP contribution is -2.45. The van der Waals surface area contributed by atoms with Crippen molar-refractivity contribution in [2.24, 2.45) is 0 Å². The average molecular weight is 314 g/mol. The van der Waals surface area contributed by atoms with E-state index in [0.29, 0.717) is 0 Å². The second-order valence-corrected chi connectivity index (χ2v) is 6.19. The molecule has 4 nitrogen and oxygen atoms in total. The van der Waals surface area contributed by atoms with E-state index in [9.17, 15) is 0 Å². The monoisotopic (exact) mass is 313 g/mol. The summed E-state index contributed by atoms with van der Waals surface area (Å²) in [7, 11) is 0. The van der Waals surface area contributed by atoms with Crippen molar-refractivity contribution in [3.05, 3.63) is 16.9 Å². The van der Waals surface area contributed by atoms with Gasteiger partial charge in [0.2, 0.25) is 0 Å². The minimum atomic E-state index is -0.138. The molecule has 120 valence electrons. The van der Waals surface area contributed by atoms with Crippen LogP contribution in [0.15, 0.2) is 6.20 Å². The van der Waals surface area contributed by atoms with Crippen molar-refractivity contribution >= 4 is 11.6 Å². The van der Waals surface area contributed by atoms with Crippen molar-refractivity contribution in [3.63, 3.8) is 0 Å². The highest BCUT2D eigenvalue weighted by Gasteiger charge is 2.44. The molecule has 1 aromatic heterocycles. The van der Waals surface area contributed by atoms with Crippen molar-refractivity contribution < 1.29 is 4.74 Å². The predicted molar refractivity (Wildman–Crippen MR) is 86.8 cm³/mol. The first kappa shape index (κ1) is 16.8. The van der Waals surface area contributed by atoms with Crippen LogP contribution in [0.25, 0.3) is 0 Å². The summed E-state index contributed by atoms with van der Waals surface area (Å²) in [4.78, 5) is 0. The Bertz CT molecular complexity index is 441. The second kappa shape index (κ2) is 7.61. The maximum atomic E-state index is 6.46. The number of aryl methyl sites for hydroxylation is 1. The molecule has 0 spiro atoms. The third-order valence-electron chi connectivity index (χ3n) is 4.41. The van der Waals surface area contributed by atoms with Crippen molar-refractivity contribution in [3.8, 4) is 0 Å². The van der Waals surface area contributed by atoms with E-state index in [1.165, 1.54) is 12.8 Å². The fourth-order valence-electron chi connectivity index (χ4n) is 3.51. The lowest BCUT2D eigenvalue weighted by atomic mass is 9.89. The summed E-state index contributed by atoms with van der Waals surface area (Å²) in [6.45, 7) is 8.90. The van der Waals surface area contributed by atoms with Crippen LogP contribution in [-0.2, 0) is 11.3 Å². The van der Waals surface area contributed by atoms with E-state index in [1.54, 1.807) is 6.20 Å². The van der Waals surface area contributed by atoms with E-state index in [1.807, 2.05) is 4.68 Å². The molecule has 0 aromatic carbocycles. The molecule has 1 aromatic rings. The third kappa shape index (κ3) is 3.43. The SMILES string of the molecule is CCCNC(c1c(Cl)cnn1CC)C1(OCC)CCCC1. The van der Waals surface area contributed by atoms with Crippen molar-refractivity contribution in [1.29, 1.82) is 0 Å². The van der Waals surface area contributed by atoms with Crippen molar-refractivity contribution in [1.82, 2.24) is 15.1 Å². The van der Waals surface area contributed by atoms with Gasteiger partial charge in [0, 0.05) is 13.2 Å². The van der Waals surface area contributed by atoms with Crippen LogP contribution in [0.3, 0.4) is 0 Å². The minimum Gasteiger partial charge on any atom is -0.373 e. The highest BCUT2D eigenvalue weighted by molar-refractivity contribution is 6.31. The Labute approximate surface area is 133 Å². The highest BCUT2D eigenvalue weighted by Crippen LogP contribution is 2.44. The third-order valence-corrected chi connectivity index (χ3v) is 4.70. The fourth-order valence-corrected chi connectivity index (χ4v) is 3.76. The lowest BCUT2D eigenvalue weighted by Gasteiger charge is -2.38. The molecular weight excluding hydrogens is 286 g/mol. The smallest absolute Gasteiger partial charge is 0.0891 e. The average Bonchev–Trinajstić information content (AvgIpc) is 3.08. The van der Waals surface area contributed by atoms with E-state index < -0.39 is 0 Å². The zero-order valence-corrected chi connectivity index (χ0v) is 14.2. The van der Waals surface area contributed by atoms with Gasteiger partial charge in [-0.1, -0.05) is 31.4 Å². The molecule has 0 radical (unpaired) electrons. The van der Waals surface area contributed by atoms with Gasteiger partial charge in [0.1, 0.15) is 0 Å². The minimum absolute atomic E-state index is 0.120. The number of nitrogens with one attached hydrogen (secondary N) is 1. The summed E-state index contributed by atoms with van der Waals surface area (Å²) in [5.74, 6) is 0. The fraction of sp³-hybridized carbons (Fsp3) is 0.812. The topological polar surface area (TPSA) is 39.1 Å². The van der Waals surface area contributed by atoms with Crippen LogP contribution < -0.4 is 5.32 Å². The molecule has 1 unspecified atom stereocenters. The van der Waals surface area contributed by atoms with Crippen LogP contribution in [0.2, 0.25) is 5.02 Å². The molecule has 0 aliphatic heterocycles. The normalized spacial score (nSPS) is 19.0. The standard InChI is InChI=1S/C16H28ClN3O/c1-4-11-18-15(14-13(17)12-19-20(14)5-2)16(21-6-3)9-7-8-10-16/h12,15,18H,4-11H2,1-3H3. The van der Waals surface area contributed by atoms with Crippen molar-refractivity contribution in [2.45, 2.75) is 71.1 Å². The van der Waals surface area contributed by atoms with Crippen molar-refractivity contribution in [2.75, 3.05) is 13.2 Å². The largest absolute Gasteiger partial charge is 0.373 e. The van der Waals surface area contributed by atoms with Gasteiger partial charge < -0.3 is 10.1 Å². The molecule has 1 atom stereocenters. The van der Waals surface area contributed by atoms with E-state index in [0.717, 1.165) is 49.7 Å². The molecule has 1 N–H and O–H groups in total. The Morgan fingerprint density at radius 3 is 2.67 bits per heavy atom. The van der Waals surface area contributed by atoms with Gasteiger partial charge in [0.05, 0.1) is 28.6 Å². The number of halogens is 1. The van der Waals surface area contributed by atoms with Crippen LogP contribution in [-0.4, -0.2) is 28.5 Å². The second-order valence-electron chi connectivity index (χ2n) is 5.79. The van der Waals surface area contributed by atoms with E-state index in [2.05, 4.69) is 31.2 Å². The maximum absolute atomic E-state index is 6.46. The molecular formula is C16H28ClN3O. The van der Waals surface area contributed by atoms with Crippen LogP contribution in [0.4, 0.5) is 0 Å². The predicted octanol–water partition coefficient (Wildman–Crippen LogP) is 3.95. The quantitative estimate of drug-likeness (QED) is 0.790. The van der Waals surface area contributed by atoms with Crippen LogP contribution >= 0.6 is 11.6 Å². The molecule has 1 aliphatic rings. The Morgan fingerprint density at radius 1 is 1.38 bits per heavy atom. The van der Waals surface area contributed by atoms with Gasteiger partial charge in [-0.05, 0) is 39.7 Å². The number of aromatic nitrogens is 2. The molecule has 0 bridgehead atoms. The molecule has 1 fully saturated rings. The van der Waals surface area contributed by atoms with Crippen LogP contribution in [0, 0.1) is 0 Å². The van der Waals surface area contributed by atoms with Gasteiger partial charge >= 0.3 is 0 Å². The Balaban J connectivity index is 2.38. The number of hydrogen-bond donors (Lipinski definition) is 1. The lowest BCUT2D eigenvalue weighted by molar-refractivity contribution is -0.0644. The summed E-state index contributed by atoms with van der Waals surface area (Å²) >= 11 is 6.46. The van der Waals surface area contributed by atoms with Crippen LogP contribution in [0.5, 0.6) is 0 Å². The number of nitrogens with zero attached hydrogens (tertiary/aromatic N) is 2. The number of hydrogen-bond acceptors (Lipinski definition) is 3. The number of ether oxygens (including phenoxy) is 1. The van der Waals surface area contributed by atoms with Gasteiger partial charge in [0.15, 0.2) is 0 Å². The van der Waals surface area contributed by atoms with Gasteiger partial charge in [-0.2, -0.15) is 5.10 Å². The maximum Gasteiger partial charge on any atom is 0.0891 e. The summed E-state index contributed by atoms with van der Waals surface area (Å²) < 4.78 is 8.27. The van der Waals surface area contributed by atoms with Gasteiger partial charge in [-0.25, -0.2) is 0 Å². The Kier molecular flexibility index (Phi) is 6.08. The summed E-state index contributed by atoms with van der Waals surface area (Å²) in [6, 6.07) is 0.120. The number of rotatable bonds is 8. The molecule has 2 rings (SSSR count). The summed E-state index contributed by atoms with van der Waals surface area (Å²) in [5.41, 5.74) is 0.948. The Morgan fingerprint density at radius 2 is 2.10 bits per heavy atom. The summed E-state index contributed by atoms with van der Waals surface area (Å²) in [5, 5.41) is 8.85. The highest BCUT2D eigenvalue weighted by atomic mass is 35.5. The molecule has 0 saturated heterocycles. The Hall–Kier alpha value is -0.580. The zero-order valence-electron chi connectivity index (χ0n) is 13.5. The molecule has 21 heavy (non-hydrogen) atoms. The van der Waals surface area contributed by atoms with Gasteiger partial charge in [0.25, 0.3) is 0 Å².